The van der Waals surface area contributed by atoms with E-state index in [0.29, 0.717) is 24.8 Å². The molecule has 4 heteroatoms. The van der Waals surface area contributed by atoms with Crippen LogP contribution in [0.2, 0.25) is 0 Å². The first kappa shape index (κ1) is 14.0. The first-order valence-electron chi connectivity index (χ1n) is 6.86. The van der Waals surface area contributed by atoms with Gasteiger partial charge in [-0.15, -0.1) is 0 Å². The molecule has 1 aromatic carbocycles. The minimum atomic E-state index is -0.204. The molecule has 1 amide bonds. The number of nitrogens with zero attached hydrogens (tertiary/aromatic N) is 1. The smallest absolute Gasteiger partial charge is 0.222 e. The van der Waals surface area contributed by atoms with Crippen molar-refractivity contribution in [3.05, 3.63) is 35.6 Å². The van der Waals surface area contributed by atoms with Gasteiger partial charge in [0.2, 0.25) is 5.91 Å². The van der Waals surface area contributed by atoms with Gasteiger partial charge in [-0.1, -0.05) is 18.2 Å². The van der Waals surface area contributed by atoms with Crippen LogP contribution in [0.5, 0.6) is 0 Å². The van der Waals surface area contributed by atoms with E-state index in [-0.39, 0.29) is 24.4 Å². The third-order valence-electron chi connectivity index (χ3n) is 3.70. The van der Waals surface area contributed by atoms with Gasteiger partial charge in [0.1, 0.15) is 5.82 Å². The summed E-state index contributed by atoms with van der Waals surface area (Å²) in [5.74, 6) is -0.128. The molecule has 0 saturated carbocycles. The number of rotatable bonds is 5. The molecule has 0 bridgehead atoms. The molecule has 1 aliphatic heterocycles. The Bertz CT molecular complexity index is 436. The van der Waals surface area contributed by atoms with E-state index >= 15 is 0 Å². The minimum Gasteiger partial charge on any atom is -0.394 e. The van der Waals surface area contributed by atoms with Crippen LogP contribution >= 0.6 is 0 Å². The monoisotopic (exact) mass is 265 g/mol. The number of amides is 1. The molecule has 0 aromatic heterocycles. The average Bonchev–Trinajstić information content (AvgIpc) is 2.89. The Hall–Kier alpha value is -1.42. The van der Waals surface area contributed by atoms with E-state index in [4.69, 9.17) is 0 Å². The first-order valence-corrected chi connectivity index (χ1v) is 6.86. The van der Waals surface area contributed by atoms with Crippen LogP contribution in [0.25, 0.3) is 0 Å². The molecule has 0 aliphatic carbocycles. The molecule has 0 unspecified atom stereocenters. The van der Waals surface area contributed by atoms with Gasteiger partial charge in [-0.25, -0.2) is 4.39 Å². The first-order chi connectivity index (χ1) is 9.22. The lowest BCUT2D eigenvalue weighted by Crippen LogP contribution is -2.37. The fourth-order valence-electron chi connectivity index (χ4n) is 2.63. The summed E-state index contributed by atoms with van der Waals surface area (Å²) in [6.45, 7) is 0.781. The number of carbonyl (C=O) groups is 1. The fraction of sp³-hybridized carbons (Fsp3) is 0.533. The third kappa shape index (κ3) is 3.53. The molecular weight excluding hydrogens is 245 g/mol. The Morgan fingerprint density at radius 3 is 2.95 bits per heavy atom. The summed E-state index contributed by atoms with van der Waals surface area (Å²) in [7, 11) is 0. The predicted molar refractivity (Wildman–Crippen MR) is 71.2 cm³/mol. The van der Waals surface area contributed by atoms with Gasteiger partial charge in [0.25, 0.3) is 0 Å². The van der Waals surface area contributed by atoms with Gasteiger partial charge in [0, 0.05) is 13.0 Å². The lowest BCUT2D eigenvalue weighted by Gasteiger charge is -2.23. The highest BCUT2D eigenvalue weighted by molar-refractivity contribution is 5.76. The van der Waals surface area contributed by atoms with Gasteiger partial charge in [-0.3, -0.25) is 4.79 Å². The van der Waals surface area contributed by atoms with Crippen molar-refractivity contribution >= 4 is 5.91 Å². The predicted octanol–water partition coefficient (Wildman–Crippen LogP) is 2.13. The molecule has 0 radical (unpaired) electrons. The molecule has 1 aliphatic rings. The van der Waals surface area contributed by atoms with E-state index in [2.05, 4.69) is 0 Å². The highest BCUT2D eigenvalue weighted by atomic mass is 19.1. The summed E-state index contributed by atoms with van der Waals surface area (Å²) < 4.78 is 13.4. The number of aryl methyl sites for hydroxylation is 1. The molecule has 0 spiro atoms. The van der Waals surface area contributed by atoms with E-state index < -0.39 is 0 Å². The molecule has 3 nitrogen and oxygen atoms in total. The molecule has 1 fully saturated rings. The van der Waals surface area contributed by atoms with E-state index in [1.165, 1.54) is 6.07 Å². The zero-order valence-corrected chi connectivity index (χ0v) is 11.0. The van der Waals surface area contributed by atoms with Gasteiger partial charge in [-0.2, -0.15) is 0 Å². The van der Waals surface area contributed by atoms with Crippen molar-refractivity contribution in [2.75, 3.05) is 13.2 Å². The Morgan fingerprint density at radius 2 is 2.21 bits per heavy atom. The van der Waals surface area contributed by atoms with Crippen molar-refractivity contribution < 1.29 is 14.3 Å². The van der Waals surface area contributed by atoms with Crippen molar-refractivity contribution in [1.82, 2.24) is 4.90 Å². The Kier molecular flexibility index (Phi) is 4.91. The molecule has 1 N–H and O–H groups in total. The number of aliphatic hydroxyl groups excluding tert-OH is 1. The average molecular weight is 265 g/mol. The summed E-state index contributed by atoms with van der Waals surface area (Å²) in [4.78, 5) is 13.8. The molecule has 1 heterocycles. The van der Waals surface area contributed by atoms with Crippen LogP contribution in [0, 0.1) is 5.82 Å². The van der Waals surface area contributed by atoms with Gasteiger partial charge in [0.15, 0.2) is 0 Å². The molecule has 19 heavy (non-hydrogen) atoms. The largest absolute Gasteiger partial charge is 0.394 e. The second kappa shape index (κ2) is 6.66. The summed E-state index contributed by atoms with van der Waals surface area (Å²) >= 11 is 0. The van der Waals surface area contributed by atoms with Gasteiger partial charge in [-0.05, 0) is 37.3 Å². The van der Waals surface area contributed by atoms with Crippen LogP contribution in [0.15, 0.2) is 24.3 Å². The number of aliphatic hydroxyl groups is 1. The molecule has 1 saturated heterocycles. The molecule has 2 rings (SSSR count). The highest BCUT2D eigenvalue weighted by Crippen LogP contribution is 2.19. The zero-order valence-electron chi connectivity index (χ0n) is 11.0. The Labute approximate surface area is 113 Å². The van der Waals surface area contributed by atoms with Crippen LogP contribution < -0.4 is 0 Å². The number of carbonyl (C=O) groups excluding carboxylic acids is 1. The van der Waals surface area contributed by atoms with Gasteiger partial charge < -0.3 is 10.0 Å². The van der Waals surface area contributed by atoms with Crippen molar-refractivity contribution in [1.29, 1.82) is 0 Å². The summed E-state index contributed by atoms with van der Waals surface area (Å²) in [5.41, 5.74) is 0.662. The number of likely N-dealkylation sites (tertiary alicyclic amines) is 1. The number of halogens is 1. The molecule has 1 atom stereocenters. The van der Waals surface area contributed by atoms with Crippen LogP contribution in [-0.2, 0) is 11.2 Å². The van der Waals surface area contributed by atoms with Crippen LogP contribution in [-0.4, -0.2) is 35.1 Å². The number of benzene rings is 1. The van der Waals surface area contributed by atoms with Crippen molar-refractivity contribution in [3.63, 3.8) is 0 Å². The Balaban J connectivity index is 1.80. The van der Waals surface area contributed by atoms with Gasteiger partial charge >= 0.3 is 0 Å². The fourth-order valence-corrected chi connectivity index (χ4v) is 2.63. The standard InChI is InChI=1S/C15H20FNO2/c16-14-8-2-1-5-12(14)6-3-9-15(19)17-10-4-7-13(17)11-18/h1-2,5,8,13,18H,3-4,6-7,9-11H2/t13-/m0/s1. The maximum Gasteiger partial charge on any atom is 0.222 e. The van der Waals surface area contributed by atoms with Crippen molar-refractivity contribution in [3.8, 4) is 0 Å². The van der Waals surface area contributed by atoms with Crippen molar-refractivity contribution in [2.45, 2.75) is 38.1 Å². The van der Waals surface area contributed by atoms with Crippen LogP contribution in [0.1, 0.15) is 31.2 Å². The summed E-state index contributed by atoms with van der Waals surface area (Å²) in [6, 6.07) is 6.66. The zero-order chi connectivity index (χ0) is 13.7. The SMILES string of the molecule is O=C(CCCc1ccccc1F)N1CCC[C@H]1CO. The van der Waals surface area contributed by atoms with E-state index in [1.54, 1.807) is 17.0 Å². The second-order valence-corrected chi connectivity index (χ2v) is 5.01. The number of hydrogen-bond acceptors (Lipinski definition) is 2. The maximum absolute atomic E-state index is 13.4. The minimum absolute atomic E-state index is 0.0130. The van der Waals surface area contributed by atoms with Crippen LogP contribution in [0.3, 0.4) is 0 Å². The lowest BCUT2D eigenvalue weighted by molar-refractivity contribution is -0.132. The summed E-state index contributed by atoms with van der Waals surface area (Å²) in [6.07, 6.45) is 3.50. The maximum atomic E-state index is 13.4. The highest BCUT2D eigenvalue weighted by Gasteiger charge is 2.27. The molecule has 1 aromatic rings. The van der Waals surface area contributed by atoms with Gasteiger partial charge in [0.05, 0.1) is 12.6 Å². The molecule has 104 valence electrons. The van der Waals surface area contributed by atoms with E-state index in [9.17, 15) is 14.3 Å². The van der Waals surface area contributed by atoms with Crippen LogP contribution in [0.4, 0.5) is 4.39 Å². The summed E-state index contributed by atoms with van der Waals surface area (Å²) in [5, 5.41) is 9.18. The third-order valence-corrected chi connectivity index (χ3v) is 3.70. The van der Waals surface area contributed by atoms with Crippen molar-refractivity contribution in [2.24, 2.45) is 0 Å². The normalized spacial score (nSPS) is 18.8. The number of hydrogen-bond donors (Lipinski definition) is 1. The quantitative estimate of drug-likeness (QED) is 0.886. The lowest BCUT2D eigenvalue weighted by atomic mass is 10.1. The van der Waals surface area contributed by atoms with E-state index in [0.717, 1.165) is 19.4 Å². The van der Waals surface area contributed by atoms with E-state index in [1.807, 2.05) is 6.07 Å². The molecular formula is C15H20FNO2. The Morgan fingerprint density at radius 1 is 1.42 bits per heavy atom. The topological polar surface area (TPSA) is 40.5 Å². The second-order valence-electron chi connectivity index (χ2n) is 5.01.